The molecule has 0 heterocycles. The molecule has 1 fully saturated rings. The van der Waals surface area contributed by atoms with Crippen LogP contribution in [-0.4, -0.2) is 31.0 Å². The largest absolute Gasteiger partial charge is 0.462 e. The molecule has 0 saturated heterocycles. The lowest BCUT2D eigenvalue weighted by molar-refractivity contribution is -0.138. The summed E-state index contributed by atoms with van der Waals surface area (Å²) in [5, 5.41) is 2.96. The van der Waals surface area contributed by atoms with Crippen LogP contribution < -0.4 is 10.1 Å². The van der Waals surface area contributed by atoms with E-state index in [1.807, 2.05) is 0 Å². The van der Waals surface area contributed by atoms with Gasteiger partial charge in [-0.3, -0.25) is 4.79 Å². The lowest BCUT2D eigenvalue weighted by Crippen LogP contribution is -2.21. The fraction of sp³-hybridized carbons (Fsp3) is 0.375. The van der Waals surface area contributed by atoms with Crippen LogP contribution in [0.4, 0.5) is 8.78 Å². The molecule has 1 aliphatic carbocycles. The predicted octanol–water partition coefficient (Wildman–Crippen LogP) is 4.19. The molecule has 25 heavy (non-hydrogen) atoms. The molecule has 0 bridgehead atoms. The second-order valence-corrected chi connectivity index (χ2v) is 6.81. The van der Waals surface area contributed by atoms with E-state index in [4.69, 9.17) is 4.74 Å². The number of hydrogen-bond acceptors (Lipinski definition) is 5. The number of benzene rings is 1. The van der Waals surface area contributed by atoms with Gasteiger partial charge in [0.1, 0.15) is 5.57 Å². The Labute approximate surface area is 160 Å². The Kier molecular flexibility index (Phi) is 6.95. The molecule has 1 N–H and O–H groups in total. The minimum atomic E-state index is -3.06. The van der Waals surface area contributed by atoms with Crippen molar-refractivity contribution in [2.24, 2.45) is 0 Å². The summed E-state index contributed by atoms with van der Waals surface area (Å²) in [4.78, 5) is 24.9. The fourth-order valence-corrected chi connectivity index (χ4v) is 3.24. The van der Waals surface area contributed by atoms with Crippen LogP contribution in [0.2, 0.25) is 0 Å². The quantitative estimate of drug-likeness (QED) is 0.198. The summed E-state index contributed by atoms with van der Waals surface area (Å²) >= 11 is 6.19. The van der Waals surface area contributed by atoms with Crippen molar-refractivity contribution in [3.63, 3.8) is 0 Å². The Bertz CT molecular complexity index is 706. The number of halogens is 4. The molecule has 0 spiro atoms. The fourth-order valence-electron chi connectivity index (χ4n) is 1.93. The Morgan fingerprint density at radius 3 is 2.60 bits per heavy atom. The number of Topliss-reactive ketones (excluding diaryl/α,β-unsaturated/α-hetero) is 1. The van der Waals surface area contributed by atoms with Gasteiger partial charge in [0.15, 0.2) is 5.75 Å². The van der Waals surface area contributed by atoms with Gasteiger partial charge in [-0.25, -0.2) is 4.79 Å². The molecular formula is C16H15Br2F2NO4. The van der Waals surface area contributed by atoms with Gasteiger partial charge in [0.25, 0.3) is 0 Å². The Morgan fingerprint density at radius 1 is 1.36 bits per heavy atom. The van der Waals surface area contributed by atoms with Gasteiger partial charge in [0, 0.05) is 17.8 Å². The Hall–Kier alpha value is -1.48. The van der Waals surface area contributed by atoms with Gasteiger partial charge in [0.2, 0.25) is 5.78 Å². The van der Waals surface area contributed by atoms with E-state index in [1.54, 1.807) is 6.92 Å². The summed E-state index contributed by atoms with van der Waals surface area (Å²) in [5.74, 6) is -1.67. The zero-order valence-corrected chi connectivity index (χ0v) is 16.3. The summed E-state index contributed by atoms with van der Waals surface area (Å²) in [5.41, 5.74) is -0.199. The number of alkyl halides is 2. The van der Waals surface area contributed by atoms with Gasteiger partial charge in [-0.1, -0.05) is 0 Å². The molecule has 0 aliphatic heterocycles. The number of esters is 1. The zero-order chi connectivity index (χ0) is 18.6. The van der Waals surface area contributed by atoms with Crippen molar-refractivity contribution >= 4 is 43.6 Å². The smallest absolute Gasteiger partial charge is 0.387 e. The van der Waals surface area contributed by atoms with Gasteiger partial charge < -0.3 is 14.8 Å². The maximum atomic E-state index is 12.8. The Balaban J connectivity index is 2.37. The summed E-state index contributed by atoms with van der Waals surface area (Å²) in [6.45, 7) is -1.33. The maximum Gasteiger partial charge on any atom is 0.387 e. The van der Waals surface area contributed by atoms with Crippen LogP contribution in [0.15, 0.2) is 32.9 Å². The average molecular weight is 483 g/mol. The van der Waals surface area contributed by atoms with Gasteiger partial charge >= 0.3 is 12.6 Å². The van der Waals surface area contributed by atoms with Crippen molar-refractivity contribution in [1.29, 1.82) is 0 Å². The first-order valence-corrected chi connectivity index (χ1v) is 9.04. The van der Waals surface area contributed by atoms with Crippen LogP contribution in [0, 0.1) is 0 Å². The second kappa shape index (κ2) is 8.75. The summed E-state index contributed by atoms with van der Waals surface area (Å²) in [6.07, 6.45) is 3.23. The monoisotopic (exact) mass is 481 g/mol. The molecule has 0 amide bonds. The van der Waals surface area contributed by atoms with E-state index < -0.39 is 18.4 Å². The first-order valence-electron chi connectivity index (χ1n) is 7.46. The van der Waals surface area contributed by atoms with Gasteiger partial charge in [-0.2, -0.15) is 8.78 Å². The van der Waals surface area contributed by atoms with Crippen molar-refractivity contribution < 1.29 is 27.8 Å². The van der Waals surface area contributed by atoms with E-state index >= 15 is 0 Å². The molecule has 5 nitrogen and oxygen atoms in total. The minimum Gasteiger partial charge on any atom is -0.462 e. The minimum absolute atomic E-state index is 0.00995. The number of hydrogen-bond donors (Lipinski definition) is 1. The molecule has 0 unspecified atom stereocenters. The van der Waals surface area contributed by atoms with Crippen molar-refractivity contribution in [1.82, 2.24) is 5.32 Å². The first kappa shape index (κ1) is 19.8. The lowest BCUT2D eigenvalue weighted by atomic mass is 10.0. The van der Waals surface area contributed by atoms with Gasteiger partial charge in [-0.05, 0) is 63.8 Å². The van der Waals surface area contributed by atoms with E-state index in [9.17, 15) is 18.4 Å². The predicted molar refractivity (Wildman–Crippen MR) is 93.7 cm³/mol. The Morgan fingerprint density at radius 2 is 2.04 bits per heavy atom. The topological polar surface area (TPSA) is 64.6 Å². The molecule has 1 aromatic rings. The molecule has 2 rings (SSSR count). The number of carbonyl (C=O) groups is 2. The van der Waals surface area contributed by atoms with Crippen molar-refractivity contribution in [3.8, 4) is 5.75 Å². The van der Waals surface area contributed by atoms with Crippen LogP contribution in [0.25, 0.3) is 0 Å². The number of ether oxygens (including phenoxy) is 2. The summed E-state index contributed by atoms with van der Waals surface area (Å²) < 4.78 is 34.8. The average Bonchev–Trinajstić information content (AvgIpc) is 3.36. The second-order valence-electron chi connectivity index (χ2n) is 5.17. The van der Waals surface area contributed by atoms with E-state index in [2.05, 4.69) is 41.9 Å². The molecule has 1 aliphatic rings. The van der Waals surface area contributed by atoms with Crippen LogP contribution >= 0.6 is 31.9 Å². The highest BCUT2D eigenvalue weighted by Crippen LogP contribution is 2.38. The molecule has 0 atom stereocenters. The molecular weight excluding hydrogens is 468 g/mol. The van der Waals surface area contributed by atoms with E-state index in [0.29, 0.717) is 0 Å². The van der Waals surface area contributed by atoms with Crippen molar-refractivity contribution in [2.75, 3.05) is 6.61 Å². The third kappa shape index (κ3) is 5.24. The van der Waals surface area contributed by atoms with E-state index in [0.717, 1.165) is 12.8 Å². The van der Waals surface area contributed by atoms with E-state index in [-0.39, 0.29) is 38.5 Å². The normalized spacial score (nSPS) is 14.4. The molecule has 9 heteroatoms. The van der Waals surface area contributed by atoms with Crippen LogP contribution in [0.5, 0.6) is 5.75 Å². The SMILES string of the molecule is CCOC(=O)/C(=C\NC1CC1)C(=O)c1ccc(Br)c(OC(F)F)c1Br. The number of carbonyl (C=O) groups excluding carboxylic acids is 2. The molecule has 1 saturated carbocycles. The zero-order valence-electron chi connectivity index (χ0n) is 13.2. The standard InChI is InChI=1S/C16H15Br2F2NO4/c1-2-24-15(23)10(7-21-8-3-4-8)13(22)9-5-6-11(17)14(12(9)18)25-16(19)20/h5-8,16,21H,2-4H2,1H3/b10-7-. The highest BCUT2D eigenvalue weighted by molar-refractivity contribution is 9.11. The number of rotatable bonds is 8. The molecule has 1 aromatic carbocycles. The lowest BCUT2D eigenvalue weighted by Gasteiger charge is -2.13. The maximum absolute atomic E-state index is 12.8. The highest BCUT2D eigenvalue weighted by atomic mass is 79.9. The number of nitrogens with one attached hydrogen (secondary N) is 1. The van der Waals surface area contributed by atoms with Crippen molar-refractivity contribution in [2.45, 2.75) is 32.4 Å². The van der Waals surface area contributed by atoms with Crippen LogP contribution in [-0.2, 0) is 9.53 Å². The van der Waals surface area contributed by atoms with Crippen molar-refractivity contribution in [3.05, 3.63) is 38.4 Å². The van der Waals surface area contributed by atoms with Crippen LogP contribution in [0.1, 0.15) is 30.1 Å². The molecule has 0 radical (unpaired) electrons. The molecule has 0 aromatic heterocycles. The number of ketones is 1. The van der Waals surface area contributed by atoms with Gasteiger partial charge in [-0.15, -0.1) is 0 Å². The summed E-state index contributed by atoms with van der Waals surface area (Å²) in [7, 11) is 0. The first-order chi connectivity index (χ1) is 11.8. The van der Waals surface area contributed by atoms with E-state index in [1.165, 1.54) is 18.3 Å². The third-order valence-corrected chi connectivity index (χ3v) is 4.69. The third-order valence-electron chi connectivity index (χ3n) is 3.28. The van der Waals surface area contributed by atoms with Crippen LogP contribution in [0.3, 0.4) is 0 Å². The van der Waals surface area contributed by atoms with Gasteiger partial charge in [0.05, 0.1) is 15.6 Å². The highest BCUT2D eigenvalue weighted by Gasteiger charge is 2.27. The molecule has 136 valence electrons. The summed E-state index contributed by atoms with van der Waals surface area (Å²) in [6, 6.07) is 3.02.